The molecule has 3 atom stereocenters. The van der Waals surface area contributed by atoms with Gasteiger partial charge in [-0.2, -0.15) is 0 Å². The molecule has 38 heavy (non-hydrogen) atoms. The summed E-state index contributed by atoms with van der Waals surface area (Å²) in [5.41, 5.74) is 1.63. The molecule has 4 rings (SSSR count). The molecule has 0 bridgehead atoms. The minimum absolute atomic E-state index is 0.0800. The van der Waals surface area contributed by atoms with E-state index in [1.54, 1.807) is 25.4 Å². The lowest BCUT2D eigenvalue weighted by Crippen LogP contribution is -2.43. The molecule has 1 unspecified atom stereocenters. The fourth-order valence-electron chi connectivity index (χ4n) is 5.09. The Hall–Kier alpha value is -2.53. The second-order valence-electron chi connectivity index (χ2n) is 9.54. The van der Waals surface area contributed by atoms with E-state index in [2.05, 4.69) is 14.6 Å². The molecule has 10 heteroatoms. The van der Waals surface area contributed by atoms with Gasteiger partial charge >= 0.3 is 6.36 Å². The number of aromatic nitrogens is 1. The highest BCUT2D eigenvalue weighted by Crippen LogP contribution is 2.34. The van der Waals surface area contributed by atoms with E-state index in [-0.39, 0.29) is 18.3 Å². The number of rotatable bonds is 11. The van der Waals surface area contributed by atoms with Crippen LogP contribution in [0.2, 0.25) is 0 Å². The first kappa shape index (κ1) is 28.5. The van der Waals surface area contributed by atoms with Crippen LogP contribution >= 0.6 is 11.8 Å². The number of benzene rings is 2. The van der Waals surface area contributed by atoms with E-state index in [1.165, 1.54) is 23.9 Å². The minimum atomic E-state index is -4.71. The summed E-state index contributed by atoms with van der Waals surface area (Å²) >= 11 is 1.48. The van der Waals surface area contributed by atoms with E-state index in [1.807, 2.05) is 24.3 Å². The number of piperidine rings is 1. The first-order valence-corrected chi connectivity index (χ1v) is 13.7. The number of fused-ring (bicyclic) bond motifs is 1. The summed E-state index contributed by atoms with van der Waals surface area (Å²) < 4.78 is 46.7. The highest BCUT2D eigenvalue weighted by molar-refractivity contribution is 7.99. The summed E-state index contributed by atoms with van der Waals surface area (Å²) in [6.07, 6.45) is -1.33. The van der Waals surface area contributed by atoms with Crippen LogP contribution in [0.1, 0.15) is 30.9 Å². The van der Waals surface area contributed by atoms with Gasteiger partial charge < -0.3 is 24.6 Å². The van der Waals surface area contributed by atoms with Crippen molar-refractivity contribution in [3.05, 3.63) is 60.3 Å². The monoisotopic (exact) mass is 550 g/mol. The van der Waals surface area contributed by atoms with Crippen molar-refractivity contribution in [3.8, 4) is 11.5 Å². The molecule has 1 saturated heterocycles. The zero-order valence-corrected chi connectivity index (χ0v) is 22.0. The summed E-state index contributed by atoms with van der Waals surface area (Å²) in [4.78, 5) is 7.40. The maximum absolute atomic E-state index is 12.5. The van der Waals surface area contributed by atoms with Crippen LogP contribution in [0, 0.1) is 11.8 Å². The molecule has 206 valence electrons. The smallest absolute Gasteiger partial charge is 0.497 e. The van der Waals surface area contributed by atoms with Gasteiger partial charge in [-0.15, -0.1) is 24.9 Å². The van der Waals surface area contributed by atoms with Gasteiger partial charge in [-0.25, -0.2) is 0 Å². The third-order valence-electron chi connectivity index (χ3n) is 7.08. The summed E-state index contributed by atoms with van der Waals surface area (Å²) in [5.74, 6) is 1.63. The summed E-state index contributed by atoms with van der Waals surface area (Å²) in [5, 5.41) is 22.0. The van der Waals surface area contributed by atoms with Crippen LogP contribution < -0.4 is 9.47 Å². The number of hydrogen-bond donors (Lipinski definition) is 2. The van der Waals surface area contributed by atoms with Gasteiger partial charge in [0.1, 0.15) is 11.5 Å². The maximum Gasteiger partial charge on any atom is 0.573 e. The van der Waals surface area contributed by atoms with Crippen molar-refractivity contribution in [2.45, 2.75) is 36.6 Å². The zero-order valence-electron chi connectivity index (χ0n) is 21.2. The number of nitrogens with zero attached hydrogens (tertiary/aromatic N) is 2. The number of likely N-dealkylation sites (tertiary alicyclic amines) is 1. The lowest BCUT2D eigenvalue weighted by Gasteiger charge is -2.38. The van der Waals surface area contributed by atoms with E-state index in [0.717, 1.165) is 59.6 Å². The van der Waals surface area contributed by atoms with Gasteiger partial charge in [0, 0.05) is 41.9 Å². The average molecular weight is 551 g/mol. The Morgan fingerprint density at radius 2 is 1.97 bits per heavy atom. The zero-order chi connectivity index (χ0) is 27.1. The van der Waals surface area contributed by atoms with Crippen LogP contribution in [0.3, 0.4) is 0 Å². The molecule has 0 aliphatic carbocycles. The summed E-state index contributed by atoms with van der Waals surface area (Å²) in [6.45, 7) is 2.48. The molecule has 0 spiro atoms. The molecular weight excluding hydrogens is 517 g/mol. The molecule has 2 N–H and O–H groups in total. The van der Waals surface area contributed by atoms with Crippen molar-refractivity contribution in [3.63, 3.8) is 0 Å². The predicted molar refractivity (Wildman–Crippen MR) is 141 cm³/mol. The number of halogens is 3. The van der Waals surface area contributed by atoms with E-state index >= 15 is 0 Å². The number of pyridine rings is 1. The van der Waals surface area contributed by atoms with Gasteiger partial charge in [0.2, 0.25) is 0 Å². The quantitative estimate of drug-likeness (QED) is 0.298. The van der Waals surface area contributed by atoms with Crippen molar-refractivity contribution >= 4 is 22.7 Å². The third kappa shape index (κ3) is 7.75. The molecule has 0 radical (unpaired) electrons. The first-order valence-electron chi connectivity index (χ1n) is 12.7. The van der Waals surface area contributed by atoms with Crippen LogP contribution in [-0.2, 0) is 0 Å². The summed E-state index contributed by atoms with van der Waals surface area (Å²) in [6, 6.07) is 13.5. The Bertz CT molecular complexity index is 1200. The Balaban J connectivity index is 1.27. The average Bonchev–Trinajstić information content (AvgIpc) is 2.90. The molecule has 1 aliphatic heterocycles. The number of hydrogen-bond acceptors (Lipinski definition) is 7. The summed E-state index contributed by atoms with van der Waals surface area (Å²) in [7, 11) is 1.61. The van der Waals surface area contributed by atoms with Gasteiger partial charge in [-0.1, -0.05) is 6.07 Å². The number of ether oxygens (including phenoxy) is 2. The lowest BCUT2D eigenvalue weighted by molar-refractivity contribution is -0.274. The SMILES string of the molecule is COc1ccc2nccc(C(O)CC[C@@H]3CCN(CCSc4cccc(OC(F)(F)F)c4)C[C@@H]3CO)c2c1. The second-order valence-corrected chi connectivity index (χ2v) is 10.7. The molecule has 0 saturated carbocycles. The standard InChI is InChI=1S/C28H33F3N2O4S/c1-36-21-6-7-26-25(16-21)24(9-11-32-26)27(35)8-5-19-10-12-33(17-20(19)18-34)13-14-38-23-4-2-3-22(15-23)37-28(29,30)31/h2-4,6-7,9,11,15-16,19-20,27,34-35H,5,8,10,12-14,17-18H2,1H3/t19-,20-,27?/m1/s1. The first-order chi connectivity index (χ1) is 18.3. The normalized spacial score (nSPS) is 19.4. The maximum atomic E-state index is 12.5. The molecule has 3 aromatic rings. The van der Waals surface area contributed by atoms with E-state index < -0.39 is 12.5 Å². The molecule has 6 nitrogen and oxygen atoms in total. The molecule has 2 aromatic carbocycles. The Kier molecular flexibility index (Phi) is 9.75. The minimum Gasteiger partial charge on any atom is -0.497 e. The third-order valence-corrected chi connectivity index (χ3v) is 8.05. The fourth-order valence-corrected chi connectivity index (χ4v) is 6.05. The van der Waals surface area contributed by atoms with Gasteiger partial charge in [-0.3, -0.25) is 4.98 Å². The van der Waals surface area contributed by atoms with Crippen molar-refractivity contribution < 1.29 is 32.9 Å². The van der Waals surface area contributed by atoms with Gasteiger partial charge in [0.25, 0.3) is 0 Å². The van der Waals surface area contributed by atoms with E-state index in [0.29, 0.717) is 18.1 Å². The van der Waals surface area contributed by atoms with Crippen LogP contribution in [0.25, 0.3) is 10.9 Å². The van der Waals surface area contributed by atoms with E-state index in [9.17, 15) is 23.4 Å². The Labute approximate surface area is 224 Å². The molecule has 1 fully saturated rings. The topological polar surface area (TPSA) is 75.1 Å². The molecule has 1 aliphatic rings. The lowest BCUT2D eigenvalue weighted by atomic mass is 9.81. The van der Waals surface area contributed by atoms with Gasteiger partial charge in [0.15, 0.2) is 0 Å². The van der Waals surface area contributed by atoms with Crippen LogP contribution in [-0.4, -0.2) is 65.6 Å². The van der Waals surface area contributed by atoms with Crippen molar-refractivity contribution in [2.24, 2.45) is 11.8 Å². The van der Waals surface area contributed by atoms with Crippen LogP contribution in [0.15, 0.2) is 59.6 Å². The van der Waals surface area contributed by atoms with Crippen molar-refractivity contribution in [2.75, 3.05) is 39.1 Å². The molecule has 2 heterocycles. The van der Waals surface area contributed by atoms with Crippen molar-refractivity contribution in [1.29, 1.82) is 0 Å². The second kappa shape index (κ2) is 13.0. The highest BCUT2D eigenvalue weighted by Gasteiger charge is 2.31. The van der Waals surface area contributed by atoms with Crippen molar-refractivity contribution in [1.82, 2.24) is 9.88 Å². The molecule has 0 amide bonds. The van der Waals surface area contributed by atoms with E-state index in [4.69, 9.17) is 4.74 Å². The predicted octanol–water partition coefficient (Wildman–Crippen LogP) is 5.68. The van der Waals surface area contributed by atoms with Gasteiger partial charge in [-0.05, 0) is 85.7 Å². The number of aliphatic hydroxyl groups is 2. The molecule has 1 aromatic heterocycles. The van der Waals surface area contributed by atoms with Gasteiger partial charge in [0.05, 0.1) is 18.7 Å². The van der Waals surface area contributed by atoms with Crippen LogP contribution in [0.4, 0.5) is 13.2 Å². The Morgan fingerprint density at radius 1 is 1.13 bits per heavy atom. The molecular formula is C28H33F3N2O4S. The Morgan fingerprint density at radius 3 is 2.74 bits per heavy atom. The fraction of sp³-hybridized carbons (Fsp3) is 0.464. The van der Waals surface area contributed by atoms with Crippen LogP contribution in [0.5, 0.6) is 11.5 Å². The number of thioether (sulfide) groups is 1. The largest absolute Gasteiger partial charge is 0.573 e. The number of methoxy groups -OCH3 is 1. The number of alkyl halides is 3. The number of aliphatic hydroxyl groups excluding tert-OH is 2. The highest BCUT2D eigenvalue weighted by atomic mass is 32.2.